The predicted octanol–water partition coefficient (Wildman–Crippen LogP) is 3.03. The van der Waals surface area contributed by atoms with Gasteiger partial charge >= 0.3 is 0 Å². The number of hydrogen-bond donors (Lipinski definition) is 0. The summed E-state index contributed by atoms with van der Waals surface area (Å²) in [5, 5.41) is 1.94. The maximum atomic E-state index is 12.5. The van der Waals surface area contributed by atoms with Gasteiger partial charge in [-0.05, 0) is 29.1 Å². The van der Waals surface area contributed by atoms with Gasteiger partial charge in [-0.15, -0.1) is 11.3 Å². The first-order chi connectivity index (χ1) is 10.6. The molecule has 0 saturated carbocycles. The van der Waals surface area contributed by atoms with E-state index in [4.69, 9.17) is 4.74 Å². The Morgan fingerprint density at radius 2 is 2.05 bits per heavy atom. The smallest absolute Gasteiger partial charge is 0.264 e. The Labute approximate surface area is 134 Å². The highest BCUT2D eigenvalue weighted by Crippen LogP contribution is 2.25. The van der Waals surface area contributed by atoms with E-state index < -0.39 is 0 Å². The van der Waals surface area contributed by atoms with E-state index in [0.717, 1.165) is 16.1 Å². The number of anilines is 1. The predicted molar refractivity (Wildman–Crippen MR) is 89.7 cm³/mol. The van der Waals surface area contributed by atoms with Gasteiger partial charge < -0.3 is 14.5 Å². The van der Waals surface area contributed by atoms with E-state index in [1.807, 2.05) is 36.5 Å². The lowest BCUT2D eigenvalue weighted by Crippen LogP contribution is -2.42. The lowest BCUT2D eigenvalue weighted by molar-refractivity contribution is -0.0226. The van der Waals surface area contributed by atoms with E-state index in [9.17, 15) is 4.79 Å². The van der Waals surface area contributed by atoms with Crippen molar-refractivity contribution in [3.63, 3.8) is 0 Å². The number of rotatable bonds is 3. The van der Waals surface area contributed by atoms with Crippen LogP contribution < -0.4 is 4.90 Å². The van der Waals surface area contributed by atoms with Crippen molar-refractivity contribution in [1.29, 1.82) is 0 Å². The molecular formula is C17H20N2O2S. The highest BCUT2D eigenvalue weighted by Gasteiger charge is 2.26. The van der Waals surface area contributed by atoms with Crippen LogP contribution in [0.2, 0.25) is 0 Å². The molecule has 2 heterocycles. The molecule has 1 aromatic heterocycles. The third-order valence-electron chi connectivity index (χ3n) is 3.87. The summed E-state index contributed by atoms with van der Waals surface area (Å²) in [6, 6.07) is 12.1. The maximum absolute atomic E-state index is 12.5. The van der Waals surface area contributed by atoms with Crippen molar-refractivity contribution >= 4 is 22.9 Å². The van der Waals surface area contributed by atoms with Crippen LogP contribution in [0.5, 0.6) is 0 Å². The summed E-state index contributed by atoms with van der Waals surface area (Å²) in [5.41, 5.74) is 2.28. The minimum atomic E-state index is -0.0473. The molecule has 1 unspecified atom stereocenters. The quantitative estimate of drug-likeness (QED) is 0.872. The number of ether oxygens (including phenoxy) is 1. The van der Waals surface area contributed by atoms with Crippen LogP contribution in [0, 0.1) is 0 Å². The van der Waals surface area contributed by atoms with Crippen LogP contribution >= 0.6 is 11.3 Å². The molecule has 1 aromatic carbocycles. The fraction of sp³-hybridized carbons (Fsp3) is 0.353. The lowest BCUT2D eigenvalue weighted by atomic mass is 10.1. The van der Waals surface area contributed by atoms with E-state index >= 15 is 0 Å². The van der Waals surface area contributed by atoms with Crippen LogP contribution in [-0.2, 0) is 4.74 Å². The van der Waals surface area contributed by atoms with Gasteiger partial charge in [0.2, 0.25) is 0 Å². The first kappa shape index (κ1) is 15.1. The van der Waals surface area contributed by atoms with Crippen molar-refractivity contribution < 1.29 is 9.53 Å². The Kier molecular flexibility index (Phi) is 4.45. The molecule has 1 fully saturated rings. The molecule has 0 spiro atoms. The summed E-state index contributed by atoms with van der Waals surface area (Å²) >= 11 is 1.49. The summed E-state index contributed by atoms with van der Waals surface area (Å²) in [6.07, 6.45) is -0.0473. The zero-order chi connectivity index (χ0) is 15.5. The number of amides is 1. The number of carbonyl (C=O) groups is 1. The first-order valence-corrected chi connectivity index (χ1v) is 8.25. The number of benzene rings is 1. The van der Waals surface area contributed by atoms with Crippen molar-refractivity contribution in [3.8, 4) is 0 Å². The molecule has 1 aliphatic heterocycles. The standard InChI is InChI=1S/C17H20N2O2S/c1-18(2)14-7-5-13(6-8-14)15-12-19(9-10-21-15)17(20)16-4-3-11-22-16/h3-8,11,15H,9-10,12H2,1-2H3. The van der Waals surface area contributed by atoms with Crippen molar-refractivity contribution in [2.75, 3.05) is 38.7 Å². The summed E-state index contributed by atoms with van der Waals surface area (Å²) in [5.74, 6) is 0.105. The van der Waals surface area contributed by atoms with Gasteiger partial charge in [-0.1, -0.05) is 18.2 Å². The molecule has 1 amide bonds. The maximum Gasteiger partial charge on any atom is 0.264 e. The van der Waals surface area contributed by atoms with Crippen molar-refractivity contribution in [2.24, 2.45) is 0 Å². The van der Waals surface area contributed by atoms with E-state index in [1.54, 1.807) is 0 Å². The molecule has 4 nitrogen and oxygen atoms in total. The minimum Gasteiger partial charge on any atom is -0.378 e. The van der Waals surface area contributed by atoms with Gasteiger partial charge in [-0.2, -0.15) is 0 Å². The first-order valence-electron chi connectivity index (χ1n) is 7.37. The third-order valence-corrected chi connectivity index (χ3v) is 4.72. The van der Waals surface area contributed by atoms with Crippen molar-refractivity contribution in [2.45, 2.75) is 6.10 Å². The fourth-order valence-electron chi connectivity index (χ4n) is 2.58. The number of carbonyl (C=O) groups excluding carboxylic acids is 1. The second kappa shape index (κ2) is 6.50. The lowest BCUT2D eigenvalue weighted by Gasteiger charge is -2.33. The van der Waals surface area contributed by atoms with Crippen LogP contribution in [0.15, 0.2) is 41.8 Å². The van der Waals surface area contributed by atoms with Gasteiger partial charge in [0.15, 0.2) is 0 Å². The number of nitrogens with zero attached hydrogens (tertiary/aromatic N) is 2. The molecule has 3 rings (SSSR count). The summed E-state index contributed by atoms with van der Waals surface area (Å²) in [4.78, 5) is 17.2. The monoisotopic (exact) mass is 316 g/mol. The highest BCUT2D eigenvalue weighted by molar-refractivity contribution is 7.12. The van der Waals surface area contributed by atoms with Gasteiger partial charge in [0.25, 0.3) is 5.91 Å². The largest absolute Gasteiger partial charge is 0.378 e. The van der Waals surface area contributed by atoms with Gasteiger partial charge in [0.05, 0.1) is 18.0 Å². The SMILES string of the molecule is CN(C)c1ccc(C2CN(C(=O)c3cccs3)CCO2)cc1. The Bertz CT molecular complexity index is 623. The molecular weight excluding hydrogens is 296 g/mol. The summed E-state index contributed by atoms with van der Waals surface area (Å²) in [6.45, 7) is 1.85. The zero-order valence-corrected chi connectivity index (χ0v) is 13.7. The van der Waals surface area contributed by atoms with Crippen LogP contribution in [-0.4, -0.2) is 44.6 Å². The fourth-order valence-corrected chi connectivity index (χ4v) is 3.27. The van der Waals surface area contributed by atoms with Crippen LogP contribution in [0.1, 0.15) is 21.3 Å². The van der Waals surface area contributed by atoms with Crippen LogP contribution in [0.3, 0.4) is 0 Å². The molecule has 2 aromatic rings. The molecule has 116 valence electrons. The van der Waals surface area contributed by atoms with Gasteiger partial charge in [0.1, 0.15) is 6.10 Å². The zero-order valence-electron chi connectivity index (χ0n) is 12.9. The molecule has 1 aliphatic rings. The van der Waals surface area contributed by atoms with E-state index in [2.05, 4.69) is 29.2 Å². The molecule has 5 heteroatoms. The number of morpholine rings is 1. The number of thiophene rings is 1. The Balaban J connectivity index is 1.71. The van der Waals surface area contributed by atoms with E-state index in [1.165, 1.54) is 11.3 Å². The van der Waals surface area contributed by atoms with Crippen molar-refractivity contribution in [3.05, 3.63) is 52.2 Å². The van der Waals surface area contributed by atoms with Gasteiger partial charge in [-0.3, -0.25) is 4.79 Å². The molecule has 1 saturated heterocycles. The normalized spacial score (nSPS) is 18.3. The number of hydrogen-bond acceptors (Lipinski definition) is 4. The Morgan fingerprint density at radius 1 is 1.27 bits per heavy atom. The average Bonchev–Trinajstić information content (AvgIpc) is 3.09. The third kappa shape index (κ3) is 3.15. The van der Waals surface area contributed by atoms with E-state index in [-0.39, 0.29) is 12.0 Å². The molecule has 0 aliphatic carbocycles. The Morgan fingerprint density at radius 3 is 2.68 bits per heavy atom. The molecule has 0 bridgehead atoms. The van der Waals surface area contributed by atoms with Crippen LogP contribution in [0.25, 0.3) is 0 Å². The van der Waals surface area contributed by atoms with Crippen LogP contribution in [0.4, 0.5) is 5.69 Å². The molecule has 22 heavy (non-hydrogen) atoms. The molecule has 0 N–H and O–H groups in total. The average molecular weight is 316 g/mol. The molecule has 0 radical (unpaired) electrons. The van der Waals surface area contributed by atoms with Gasteiger partial charge in [0, 0.05) is 26.3 Å². The summed E-state index contributed by atoms with van der Waals surface area (Å²) in [7, 11) is 4.04. The molecule has 1 atom stereocenters. The second-order valence-electron chi connectivity index (χ2n) is 5.57. The second-order valence-corrected chi connectivity index (χ2v) is 6.52. The van der Waals surface area contributed by atoms with Gasteiger partial charge in [-0.25, -0.2) is 0 Å². The van der Waals surface area contributed by atoms with E-state index in [0.29, 0.717) is 19.7 Å². The topological polar surface area (TPSA) is 32.8 Å². The van der Waals surface area contributed by atoms with Crippen molar-refractivity contribution in [1.82, 2.24) is 4.90 Å². The Hall–Kier alpha value is -1.85. The minimum absolute atomic E-state index is 0.0473. The summed E-state index contributed by atoms with van der Waals surface area (Å²) < 4.78 is 5.86. The highest BCUT2D eigenvalue weighted by atomic mass is 32.1.